The average molecular weight is 268 g/mol. The normalized spacial score (nSPS) is 20.8. The fourth-order valence-electron chi connectivity index (χ4n) is 1.73. The van der Waals surface area contributed by atoms with Crippen LogP contribution in [0.4, 0.5) is 13.2 Å². The van der Waals surface area contributed by atoms with E-state index >= 15 is 0 Å². The van der Waals surface area contributed by atoms with Gasteiger partial charge in [0, 0.05) is 20.0 Å². The maximum Gasteiger partial charge on any atom is 0.471 e. The summed E-state index contributed by atoms with van der Waals surface area (Å²) in [6.45, 7) is -0.0970. The first kappa shape index (κ1) is 14.3. The zero-order valence-corrected chi connectivity index (χ0v) is 9.40. The summed E-state index contributed by atoms with van der Waals surface area (Å²) in [5.74, 6) is -4.08. The van der Waals surface area contributed by atoms with E-state index < -0.39 is 36.5 Å². The van der Waals surface area contributed by atoms with Crippen molar-refractivity contribution in [3.63, 3.8) is 0 Å². The summed E-state index contributed by atoms with van der Waals surface area (Å²) in [5, 5.41) is 8.85. The van der Waals surface area contributed by atoms with Gasteiger partial charge >= 0.3 is 18.1 Å². The summed E-state index contributed by atoms with van der Waals surface area (Å²) in [5.41, 5.74) is 0. The Bertz CT molecular complexity index is 382. The highest BCUT2D eigenvalue weighted by Gasteiger charge is 2.46. The van der Waals surface area contributed by atoms with Gasteiger partial charge in [-0.15, -0.1) is 0 Å². The van der Waals surface area contributed by atoms with Gasteiger partial charge in [-0.1, -0.05) is 0 Å². The van der Waals surface area contributed by atoms with Gasteiger partial charge in [0.1, 0.15) is 6.04 Å². The highest BCUT2D eigenvalue weighted by molar-refractivity contribution is 5.86. The molecule has 0 radical (unpaired) electrons. The molecule has 0 bridgehead atoms. The molecule has 0 aromatic rings. The number of alkyl halides is 3. The van der Waals surface area contributed by atoms with Gasteiger partial charge in [-0.3, -0.25) is 9.59 Å². The van der Waals surface area contributed by atoms with Crippen LogP contribution in [0, 0.1) is 0 Å². The minimum absolute atomic E-state index is 0.228. The lowest BCUT2D eigenvalue weighted by atomic mass is 10.1. The summed E-state index contributed by atoms with van der Waals surface area (Å²) in [6.07, 6.45) is -5.04. The number of carbonyl (C=O) groups is 3. The van der Waals surface area contributed by atoms with E-state index in [9.17, 15) is 27.6 Å². The second kappa shape index (κ2) is 4.83. The van der Waals surface area contributed by atoms with E-state index in [4.69, 9.17) is 5.11 Å². The molecular weight excluding hydrogens is 257 g/mol. The monoisotopic (exact) mass is 268 g/mol. The summed E-state index contributed by atoms with van der Waals surface area (Å²) in [6, 6.07) is -1.44. The molecule has 1 aliphatic heterocycles. The zero-order chi connectivity index (χ0) is 14.1. The number of amides is 2. The van der Waals surface area contributed by atoms with Crippen molar-refractivity contribution in [2.45, 2.75) is 19.1 Å². The molecule has 0 aromatic heterocycles. The van der Waals surface area contributed by atoms with Crippen LogP contribution in [0.25, 0.3) is 0 Å². The molecule has 0 saturated carbocycles. The Morgan fingerprint density at radius 2 is 1.78 bits per heavy atom. The van der Waals surface area contributed by atoms with Crippen molar-refractivity contribution in [3.05, 3.63) is 0 Å². The number of hydrogen-bond acceptors (Lipinski definition) is 3. The van der Waals surface area contributed by atoms with Crippen LogP contribution in [0.1, 0.15) is 6.92 Å². The molecule has 0 aliphatic carbocycles. The van der Waals surface area contributed by atoms with Crippen molar-refractivity contribution < 1.29 is 32.7 Å². The Balaban J connectivity index is 2.84. The Morgan fingerprint density at radius 3 is 2.17 bits per heavy atom. The molecule has 1 N–H and O–H groups in total. The molecule has 1 atom stereocenters. The second-order valence-electron chi connectivity index (χ2n) is 3.82. The zero-order valence-electron chi connectivity index (χ0n) is 9.40. The SMILES string of the molecule is CC(=O)N1CCN(C(=O)C(F)(F)F)CC1C(=O)O. The number of halogens is 3. The molecule has 1 unspecified atom stereocenters. The second-order valence-corrected chi connectivity index (χ2v) is 3.82. The molecule has 1 fully saturated rings. The van der Waals surface area contributed by atoms with E-state index in [2.05, 4.69) is 0 Å². The van der Waals surface area contributed by atoms with E-state index in [1.807, 2.05) is 0 Å². The molecule has 0 aromatic carbocycles. The number of carboxylic acid groups (broad SMARTS) is 1. The minimum atomic E-state index is -5.04. The molecule has 102 valence electrons. The van der Waals surface area contributed by atoms with Crippen LogP contribution in [0.5, 0.6) is 0 Å². The fourth-order valence-corrected chi connectivity index (χ4v) is 1.73. The maximum atomic E-state index is 12.2. The Hall–Kier alpha value is -1.80. The molecule has 9 heteroatoms. The number of aliphatic carboxylic acids is 1. The van der Waals surface area contributed by atoms with Crippen LogP contribution in [-0.2, 0) is 14.4 Å². The third-order valence-corrected chi connectivity index (χ3v) is 2.60. The van der Waals surface area contributed by atoms with Gasteiger partial charge in [0.15, 0.2) is 0 Å². The van der Waals surface area contributed by atoms with Gasteiger partial charge in [-0.25, -0.2) is 4.79 Å². The number of carbonyl (C=O) groups excluding carboxylic acids is 2. The molecule has 1 rings (SSSR count). The summed E-state index contributed by atoms with van der Waals surface area (Å²) < 4.78 is 36.6. The summed E-state index contributed by atoms with van der Waals surface area (Å²) >= 11 is 0. The van der Waals surface area contributed by atoms with Gasteiger partial charge in [0.2, 0.25) is 5.91 Å². The third kappa shape index (κ3) is 2.90. The lowest BCUT2D eigenvalue weighted by Crippen LogP contribution is -2.60. The highest BCUT2D eigenvalue weighted by atomic mass is 19.4. The van der Waals surface area contributed by atoms with Crippen LogP contribution >= 0.6 is 0 Å². The van der Waals surface area contributed by atoms with E-state index in [1.165, 1.54) is 0 Å². The molecule has 18 heavy (non-hydrogen) atoms. The van der Waals surface area contributed by atoms with Crippen molar-refractivity contribution in [1.29, 1.82) is 0 Å². The minimum Gasteiger partial charge on any atom is -0.480 e. The van der Waals surface area contributed by atoms with Crippen LogP contribution in [0.15, 0.2) is 0 Å². The number of carboxylic acids is 1. The Labute approximate surface area is 99.9 Å². The number of hydrogen-bond donors (Lipinski definition) is 1. The molecular formula is C9H11F3N2O4. The predicted molar refractivity (Wildman–Crippen MR) is 51.4 cm³/mol. The standard InChI is InChI=1S/C9H11F3N2O4/c1-5(15)14-3-2-13(4-6(14)7(16)17)8(18)9(10,11)12/h6H,2-4H2,1H3,(H,16,17). The quantitative estimate of drug-likeness (QED) is 0.707. The Kier molecular flexibility index (Phi) is 3.82. The lowest BCUT2D eigenvalue weighted by Gasteiger charge is -2.38. The van der Waals surface area contributed by atoms with Crippen LogP contribution in [-0.4, -0.2) is 64.5 Å². The third-order valence-electron chi connectivity index (χ3n) is 2.60. The fraction of sp³-hybridized carbons (Fsp3) is 0.667. The predicted octanol–water partition coefficient (Wildman–Crippen LogP) is -0.307. The molecule has 1 saturated heterocycles. The average Bonchev–Trinajstić information content (AvgIpc) is 2.25. The van der Waals surface area contributed by atoms with Crippen LogP contribution < -0.4 is 0 Å². The molecule has 6 nitrogen and oxygen atoms in total. The van der Waals surface area contributed by atoms with Gasteiger partial charge in [-0.05, 0) is 0 Å². The smallest absolute Gasteiger partial charge is 0.471 e. The van der Waals surface area contributed by atoms with E-state index in [1.54, 1.807) is 0 Å². The summed E-state index contributed by atoms with van der Waals surface area (Å²) in [7, 11) is 0. The van der Waals surface area contributed by atoms with Gasteiger partial charge in [-0.2, -0.15) is 13.2 Å². The molecule has 1 heterocycles. The van der Waals surface area contributed by atoms with E-state index in [0.717, 1.165) is 11.8 Å². The maximum absolute atomic E-state index is 12.2. The molecule has 0 spiro atoms. The van der Waals surface area contributed by atoms with Gasteiger partial charge in [0.05, 0.1) is 6.54 Å². The van der Waals surface area contributed by atoms with Crippen molar-refractivity contribution in [1.82, 2.24) is 9.80 Å². The van der Waals surface area contributed by atoms with Crippen molar-refractivity contribution in [3.8, 4) is 0 Å². The van der Waals surface area contributed by atoms with E-state index in [0.29, 0.717) is 4.90 Å². The van der Waals surface area contributed by atoms with E-state index in [-0.39, 0.29) is 13.1 Å². The van der Waals surface area contributed by atoms with Crippen molar-refractivity contribution in [2.24, 2.45) is 0 Å². The first-order valence-corrected chi connectivity index (χ1v) is 5.00. The van der Waals surface area contributed by atoms with Crippen LogP contribution in [0.2, 0.25) is 0 Å². The van der Waals surface area contributed by atoms with Crippen LogP contribution in [0.3, 0.4) is 0 Å². The van der Waals surface area contributed by atoms with Crippen molar-refractivity contribution >= 4 is 17.8 Å². The lowest BCUT2D eigenvalue weighted by molar-refractivity contribution is -0.189. The molecule has 1 aliphatic rings. The first-order chi connectivity index (χ1) is 8.14. The number of nitrogens with zero attached hydrogens (tertiary/aromatic N) is 2. The Morgan fingerprint density at radius 1 is 1.22 bits per heavy atom. The summed E-state index contributed by atoms with van der Waals surface area (Å²) in [4.78, 5) is 34.3. The van der Waals surface area contributed by atoms with Gasteiger partial charge in [0.25, 0.3) is 0 Å². The topological polar surface area (TPSA) is 77.9 Å². The highest BCUT2D eigenvalue weighted by Crippen LogP contribution is 2.21. The van der Waals surface area contributed by atoms with Crippen molar-refractivity contribution in [2.75, 3.05) is 19.6 Å². The van der Waals surface area contributed by atoms with Gasteiger partial charge < -0.3 is 14.9 Å². The first-order valence-electron chi connectivity index (χ1n) is 5.00. The number of rotatable bonds is 1. The number of piperazine rings is 1. The molecule has 2 amide bonds. The largest absolute Gasteiger partial charge is 0.480 e.